The summed E-state index contributed by atoms with van der Waals surface area (Å²) in [6, 6.07) is 4.71. The van der Waals surface area contributed by atoms with Gasteiger partial charge in [-0.1, -0.05) is 0 Å². The van der Waals surface area contributed by atoms with Crippen molar-refractivity contribution in [3.05, 3.63) is 29.6 Å². The first-order chi connectivity index (χ1) is 7.22. The van der Waals surface area contributed by atoms with Gasteiger partial charge in [0.15, 0.2) is 0 Å². The molecule has 1 aromatic rings. The van der Waals surface area contributed by atoms with Crippen molar-refractivity contribution >= 4 is 11.8 Å². The molecule has 0 radical (unpaired) electrons. The minimum Gasteiger partial charge on any atom is -0.496 e. The third-order valence-corrected chi connectivity index (χ3v) is 2.92. The summed E-state index contributed by atoms with van der Waals surface area (Å²) in [5.74, 6) is 1.38. The molecular weight excluding hydrogens is 213 g/mol. The Morgan fingerprint density at radius 3 is 2.80 bits per heavy atom. The van der Waals surface area contributed by atoms with Crippen LogP contribution in [0, 0.1) is 5.82 Å². The third-order valence-electron chi connectivity index (χ3n) is 2.25. The maximum atomic E-state index is 13.1. The van der Waals surface area contributed by atoms with Gasteiger partial charge in [-0.3, -0.25) is 0 Å². The number of halogens is 1. The third kappa shape index (κ3) is 3.11. The molecule has 0 spiro atoms. The van der Waals surface area contributed by atoms with E-state index in [1.165, 1.54) is 12.1 Å². The first-order valence-electron chi connectivity index (χ1n) is 4.72. The number of benzene rings is 1. The van der Waals surface area contributed by atoms with Crippen molar-refractivity contribution in [3.63, 3.8) is 0 Å². The van der Waals surface area contributed by atoms with Crippen LogP contribution < -0.4 is 10.1 Å². The van der Waals surface area contributed by atoms with Crippen LogP contribution in [0.15, 0.2) is 18.2 Å². The van der Waals surface area contributed by atoms with Crippen LogP contribution in [0.2, 0.25) is 0 Å². The number of ether oxygens (including phenoxy) is 1. The molecule has 0 heterocycles. The zero-order valence-electron chi connectivity index (χ0n) is 9.21. The van der Waals surface area contributed by atoms with Crippen molar-refractivity contribution in [3.8, 4) is 5.75 Å². The lowest BCUT2D eigenvalue weighted by Crippen LogP contribution is -2.19. The van der Waals surface area contributed by atoms with Crippen molar-refractivity contribution in [1.82, 2.24) is 5.32 Å². The molecule has 0 aliphatic rings. The Labute approximate surface area is 94.2 Å². The Bertz CT molecular complexity index is 319. The van der Waals surface area contributed by atoms with Gasteiger partial charge < -0.3 is 10.1 Å². The van der Waals surface area contributed by atoms with Crippen molar-refractivity contribution in [1.29, 1.82) is 0 Å². The predicted molar refractivity (Wildman–Crippen MR) is 63.1 cm³/mol. The van der Waals surface area contributed by atoms with Crippen molar-refractivity contribution in [2.24, 2.45) is 0 Å². The summed E-state index contributed by atoms with van der Waals surface area (Å²) in [6.45, 7) is 0. The van der Waals surface area contributed by atoms with Crippen LogP contribution in [-0.4, -0.2) is 26.2 Å². The molecule has 1 aromatic carbocycles. The van der Waals surface area contributed by atoms with Gasteiger partial charge in [0.1, 0.15) is 11.6 Å². The molecule has 0 aliphatic carbocycles. The van der Waals surface area contributed by atoms with E-state index in [0.717, 1.165) is 17.1 Å². The Kier molecular flexibility index (Phi) is 4.91. The summed E-state index contributed by atoms with van der Waals surface area (Å²) in [4.78, 5) is 0. The minimum absolute atomic E-state index is 0.116. The topological polar surface area (TPSA) is 21.3 Å². The highest BCUT2D eigenvalue weighted by Crippen LogP contribution is 2.27. The average Bonchev–Trinajstić information content (AvgIpc) is 2.26. The van der Waals surface area contributed by atoms with E-state index in [1.54, 1.807) is 24.9 Å². The van der Waals surface area contributed by atoms with Crippen LogP contribution in [0.25, 0.3) is 0 Å². The lowest BCUT2D eigenvalue weighted by molar-refractivity contribution is 0.402. The van der Waals surface area contributed by atoms with E-state index < -0.39 is 0 Å². The number of hydrogen-bond donors (Lipinski definition) is 1. The van der Waals surface area contributed by atoms with Crippen LogP contribution >= 0.6 is 11.8 Å². The second-order valence-corrected chi connectivity index (χ2v) is 4.09. The van der Waals surface area contributed by atoms with Crippen molar-refractivity contribution in [2.45, 2.75) is 6.04 Å². The molecule has 1 rings (SSSR count). The van der Waals surface area contributed by atoms with Crippen LogP contribution in [0.1, 0.15) is 11.6 Å². The van der Waals surface area contributed by atoms with E-state index in [4.69, 9.17) is 4.74 Å². The second kappa shape index (κ2) is 5.98. The number of nitrogens with one attached hydrogen (secondary N) is 1. The van der Waals surface area contributed by atoms with E-state index >= 15 is 0 Å². The van der Waals surface area contributed by atoms with Crippen LogP contribution in [-0.2, 0) is 0 Å². The Morgan fingerprint density at radius 2 is 2.27 bits per heavy atom. The summed E-state index contributed by atoms with van der Waals surface area (Å²) in [6.07, 6.45) is 2.02. The second-order valence-electron chi connectivity index (χ2n) is 3.18. The highest BCUT2D eigenvalue weighted by Gasteiger charge is 2.14. The minimum atomic E-state index is -0.229. The average molecular weight is 229 g/mol. The SMILES string of the molecule is CNC(CSC)c1cc(F)ccc1OC. The first-order valence-corrected chi connectivity index (χ1v) is 6.12. The maximum Gasteiger partial charge on any atom is 0.123 e. The fourth-order valence-corrected chi connectivity index (χ4v) is 2.15. The van der Waals surface area contributed by atoms with Gasteiger partial charge in [-0.2, -0.15) is 11.8 Å². The number of thioether (sulfide) groups is 1. The lowest BCUT2D eigenvalue weighted by Gasteiger charge is -2.18. The number of methoxy groups -OCH3 is 1. The molecule has 0 fully saturated rings. The molecule has 0 bridgehead atoms. The molecule has 0 saturated heterocycles. The molecule has 2 nitrogen and oxygen atoms in total. The molecule has 0 amide bonds. The van der Waals surface area contributed by atoms with Gasteiger partial charge in [-0.15, -0.1) is 0 Å². The maximum absolute atomic E-state index is 13.1. The molecule has 84 valence electrons. The first kappa shape index (κ1) is 12.3. The molecule has 1 N–H and O–H groups in total. The summed E-state index contributed by atoms with van der Waals surface area (Å²) < 4.78 is 18.3. The molecule has 0 aromatic heterocycles. The highest BCUT2D eigenvalue weighted by molar-refractivity contribution is 7.98. The van der Waals surface area contributed by atoms with Gasteiger partial charge >= 0.3 is 0 Å². The van der Waals surface area contributed by atoms with E-state index in [1.807, 2.05) is 13.3 Å². The Hall–Kier alpha value is -0.740. The van der Waals surface area contributed by atoms with Crippen molar-refractivity contribution in [2.75, 3.05) is 26.2 Å². The van der Waals surface area contributed by atoms with Crippen LogP contribution in [0.4, 0.5) is 4.39 Å². The van der Waals surface area contributed by atoms with Gasteiger partial charge in [-0.25, -0.2) is 4.39 Å². The van der Waals surface area contributed by atoms with E-state index in [9.17, 15) is 4.39 Å². The van der Waals surface area contributed by atoms with Gasteiger partial charge in [0.05, 0.1) is 7.11 Å². The molecule has 4 heteroatoms. The van der Waals surface area contributed by atoms with Gasteiger partial charge in [-0.05, 0) is 31.5 Å². The molecular formula is C11H16FNOS. The fraction of sp³-hybridized carbons (Fsp3) is 0.455. The largest absolute Gasteiger partial charge is 0.496 e. The van der Waals surface area contributed by atoms with E-state index in [2.05, 4.69) is 5.32 Å². The zero-order chi connectivity index (χ0) is 11.3. The quantitative estimate of drug-likeness (QED) is 0.838. The number of hydrogen-bond acceptors (Lipinski definition) is 3. The molecule has 0 saturated carbocycles. The van der Waals surface area contributed by atoms with Gasteiger partial charge in [0, 0.05) is 17.4 Å². The lowest BCUT2D eigenvalue weighted by atomic mass is 10.1. The van der Waals surface area contributed by atoms with Crippen LogP contribution in [0.5, 0.6) is 5.75 Å². The Morgan fingerprint density at radius 1 is 1.53 bits per heavy atom. The van der Waals surface area contributed by atoms with Gasteiger partial charge in [0.2, 0.25) is 0 Å². The fourth-order valence-electron chi connectivity index (χ4n) is 1.47. The van der Waals surface area contributed by atoms with Gasteiger partial charge in [0.25, 0.3) is 0 Å². The number of rotatable bonds is 5. The smallest absolute Gasteiger partial charge is 0.123 e. The zero-order valence-corrected chi connectivity index (χ0v) is 10.0. The van der Waals surface area contributed by atoms with E-state index in [0.29, 0.717) is 0 Å². The summed E-state index contributed by atoms with van der Waals surface area (Å²) in [5.41, 5.74) is 0.870. The molecule has 15 heavy (non-hydrogen) atoms. The summed E-state index contributed by atoms with van der Waals surface area (Å²) in [5, 5.41) is 3.15. The standard InChI is InChI=1S/C11H16FNOS/c1-13-10(7-15-3)9-6-8(12)4-5-11(9)14-2/h4-6,10,13H,7H2,1-3H3. The summed E-state index contributed by atoms with van der Waals surface area (Å²) in [7, 11) is 3.47. The normalized spacial score (nSPS) is 12.5. The van der Waals surface area contributed by atoms with E-state index in [-0.39, 0.29) is 11.9 Å². The monoisotopic (exact) mass is 229 g/mol. The highest BCUT2D eigenvalue weighted by atomic mass is 32.2. The van der Waals surface area contributed by atoms with Crippen LogP contribution in [0.3, 0.4) is 0 Å². The van der Waals surface area contributed by atoms with Crippen molar-refractivity contribution < 1.29 is 9.13 Å². The molecule has 0 aliphatic heterocycles. The molecule has 1 unspecified atom stereocenters. The Balaban J connectivity index is 3.02. The predicted octanol–water partition coefficient (Wildman–Crippen LogP) is 2.46. The molecule has 1 atom stereocenters. The summed E-state index contributed by atoms with van der Waals surface area (Å²) >= 11 is 1.71.